The zero-order valence-electron chi connectivity index (χ0n) is 19.6. The van der Waals surface area contributed by atoms with Crippen molar-refractivity contribution in [2.75, 3.05) is 19.5 Å². The van der Waals surface area contributed by atoms with Crippen LogP contribution in [0.1, 0.15) is 55.2 Å². The Morgan fingerprint density at radius 2 is 1.82 bits per heavy atom. The fraction of sp³-hybridized carbons (Fsp3) is 0.458. The van der Waals surface area contributed by atoms with Crippen molar-refractivity contribution in [1.29, 1.82) is 0 Å². The van der Waals surface area contributed by atoms with E-state index in [9.17, 15) is 28.2 Å². The molecule has 0 fully saturated rings. The van der Waals surface area contributed by atoms with Gasteiger partial charge in [0.25, 0.3) is 0 Å². The Balaban J connectivity index is 1.90. The average molecular weight is 482 g/mol. The number of fused-ring (bicyclic) bond motifs is 1. The fourth-order valence-electron chi connectivity index (χ4n) is 4.06. The summed E-state index contributed by atoms with van der Waals surface area (Å²) in [6.45, 7) is 5.38. The first-order valence-corrected chi connectivity index (χ1v) is 10.7. The molecule has 2 amide bonds. The third kappa shape index (κ3) is 5.07. The number of aliphatic hydroxyl groups is 2. The van der Waals surface area contributed by atoms with Crippen LogP contribution in [0, 0.1) is 0 Å². The van der Waals surface area contributed by atoms with Crippen LogP contribution in [0.25, 0.3) is 0 Å². The van der Waals surface area contributed by atoms with Crippen LogP contribution < -0.4 is 20.1 Å². The molecule has 186 valence electrons. The molecule has 7 nitrogen and oxygen atoms in total. The highest BCUT2D eigenvalue weighted by Crippen LogP contribution is 2.43. The first kappa shape index (κ1) is 25.6. The van der Waals surface area contributed by atoms with E-state index in [4.69, 9.17) is 9.47 Å². The molecular formula is C24H29F3N2O5. The van der Waals surface area contributed by atoms with E-state index in [0.717, 1.165) is 12.7 Å². The smallest absolute Gasteiger partial charge is 0.418 e. The molecule has 3 rings (SSSR count). The standard InChI is InChI=1S/C24H29F3N2O5/c1-23(2,3)12-9-15(21(31)24(25,26)27)20(34-5)17(10-12)29-22(32)28-16-11-14-13(19(16)30)7-6-8-18(14)33-4/h6-10,16,19,21,30-31H,11H2,1-5H3,(H2,28,29,32)/t16-,19+,21-/m1/s1. The number of amides is 2. The maximum absolute atomic E-state index is 13.3. The van der Waals surface area contributed by atoms with Gasteiger partial charge in [-0.25, -0.2) is 4.79 Å². The number of benzene rings is 2. The number of anilines is 1. The van der Waals surface area contributed by atoms with Crippen LogP contribution >= 0.6 is 0 Å². The number of methoxy groups -OCH3 is 2. The lowest BCUT2D eigenvalue weighted by molar-refractivity contribution is -0.207. The van der Waals surface area contributed by atoms with Gasteiger partial charge < -0.3 is 30.3 Å². The van der Waals surface area contributed by atoms with Gasteiger partial charge in [0.05, 0.1) is 32.1 Å². The van der Waals surface area contributed by atoms with Crippen molar-refractivity contribution < 1.29 is 37.7 Å². The highest BCUT2D eigenvalue weighted by molar-refractivity contribution is 5.92. The zero-order chi connectivity index (χ0) is 25.4. The molecule has 0 unspecified atom stereocenters. The second kappa shape index (κ2) is 9.34. The summed E-state index contributed by atoms with van der Waals surface area (Å²) in [5, 5.41) is 25.8. The minimum atomic E-state index is -4.93. The maximum Gasteiger partial charge on any atom is 0.418 e. The zero-order valence-corrected chi connectivity index (χ0v) is 19.6. The van der Waals surface area contributed by atoms with Crippen molar-refractivity contribution in [1.82, 2.24) is 5.32 Å². The van der Waals surface area contributed by atoms with E-state index in [2.05, 4.69) is 10.6 Å². The summed E-state index contributed by atoms with van der Waals surface area (Å²) < 4.78 is 50.5. The molecule has 1 aliphatic carbocycles. The molecule has 0 saturated heterocycles. The summed E-state index contributed by atoms with van der Waals surface area (Å²) in [4.78, 5) is 12.8. The Labute approximate surface area is 195 Å². The van der Waals surface area contributed by atoms with Crippen LogP contribution in [0.3, 0.4) is 0 Å². The summed E-state index contributed by atoms with van der Waals surface area (Å²) in [6, 6.07) is 6.54. The molecular weight excluding hydrogens is 453 g/mol. The number of halogens is 3. The monoisotopic (exact) mass is 482 g/mol. The Kier molecular flexibility index (Phi) is 7.05. The summed E-state index contributed by atoms with van der Waals surface area (Å²) in [5.74, 6) is 0.288. The van der Waals surface area contributed by atoms with Gasteiger partial charge in [-0.05, 0) is 41.2 Å². The number of ether oxygens (including phenoxy) is 2. The topological polar surface area (TPSA) is 100 Å². The Morgan fingerprint density at radius 3 is 2.38 bits per heavy atom. The first-order chi connectivity index (χ1) is 15.8. The number of aliphatic hydroxyl groups excluding tert-OH is 2. The summed E-state index contributed by atoms with van der Waals surface area (Å²) in [5.41, 5.74) is 0.737. The molecule has 2 aromatic carbocycles. The normalized spacial score (nSPS) is 18.8. The Bertz CT molecular complexity index is 1070. The SMILES string of the molecule is COc1cccc2c1C[C@@H](NC(=O)Nc1cc(C(C)(C)C)cc([C@@H](O)C(F)(F)F)c1OC)[C@H]2O. The molecule has 0 spiro atoms. The van der Waals surface area contributed by atoms with Gasteiger partial charge in [-0.1, -0.05) is 32.9 Å². The maximum atomic E-state index is 13.3. The summed E-state index contributed by atoms with van der Waals surface area (Å²) in [6.07, 6.45) is -8.40. The summed E-state index contributed by atoms with van der Waals surface area (Å²) >= 11 is 0. The van der Waals surface area contributed by atoms with E-state index >= 15 is 0 Å². The molecule has 1 aliphatic rings. The van der Waals surface area contributed by atoms with Gasteiger partial charge >= 0.3 is 12.2 Å². The van der Waals surface area contributed by atoms with Gasteiger partial charge in [0.1, 0.15) is 11.5 Å². The first-order valence-electron chi connectivity index (χ1n) is 10.7. The summed E-state index contributed by atoms with van der Waals surface area (Å²) in [7, 11) is 2.67. The predicted octanol–water partition coefficient (Wildman–Crippen LogP) is 4.38. The van der Waals surface area contributed by atoms with Gasteiger partial charge in [-0.2, -0.15) is 13.2 Å². The minimum absolute atomic E-state index is 0.0340. The molecule has 0 aromatic heterocycles. The molecule has 0 bridgehead atoms. The number of urea groups is 1. The van der Waals surface area contributed by atoms with Gasteiger partial charge in [-0.3, -0.25) is 0 Å². The van der Waals surface area contributed by atoms with E-state index in [1.54, 1.807) is 39.0 Å². The number of rotatable bonds is 5. The lowest BCUT2D eigenvalue weighted by Gasteiger charge is -2.26. The van der Waals surface area contributed by atoms with Crippen LogP contribution in [0.5, 0.6) is 11.5 Å². The number of nitrogens with one attached hydrogen (secondary N) is 2. The second-order valence-corrected chi connectivity index (χ2v) is 9.22. The third-order valence-electron chi connectivity index (χ3n) is 5.87. The van der Waals surface area contributed by atoms with Crippen LogP contribution in [0.15, 0.2) is 30.3 Å². The number of hydrogen-bond acceptors (Lipinski definition) is 5. The lowest BCUT2D eigenvalue weighted by atomic mass is 9.84. The van der Waals surface area contributed by atoms with Crippen molar-refractivity contribution >= 4 is 11.7 Å². The van der Waals surface area contributed by atoms with Crippen LogP contribution in [-0.4, -0.2) is 42.7 Å². The largest absolute Gasteiger partial charge is 0.496 e. The number of carbonyl (C=O) groups is 1. The van der Waals surface area contributed by atoms with E-state index in [1.807, 2.05) is 0 Å². The van der Waals surface area contributed by atoms with Crippen LogP contribution in [0.2, 0.25) is 0 Å². The third-order valence-corrected chi connectivity index (χ3v) is 5.87. The van der Waals surface area contributed by atoms with Crippen molar-refractivity contribution in [3.8, 4) is 11.5 Å². The number of hydrogen-bond donors (Lipinski definition) is 4. The predicted molar refractivity (Wildman–Crippen MR) is 120 cm³/mol. The molecule has 3 atom stereocenters. The number of alkyl halides is 3. The van der Waals surface area contributed by atoms with Gasteiger partial charge in [0, 0.05) is 11.1 Å². The van der Waals surface area contributed by atoms with E-state index in [-0.39, 0.29) is 11.4 Å². The second-order valence-electron chi connectivity index (χ2n) is 9.22. The van der Waals surface area contributed by atoms with Crippen LogP contribution in [-0.2, 0) is 11.8 Å². The highest BCUT2D eigenvalue weighted by Gasteiger charge is 2.42. The molecule has 10 heteroatoms. The molecule has 2 aromatic rings. The average Bonchev–Trinajstić information content (AvgIpc) is 3.06. The van der Waals surface area contributed by atoms with Crippen molar-refractivity contribution in [3.63, 3.8) is 0 Å². The van der Waals surface area contributed by atoms with Crippen molar-refractivity contribution in [2.24, 2.45) is 0 Å². The lowest BCUT2D eigenvalue weighted by Crippen LogP contribution is -2.40. The molecule has 0 heterocycles. The fourth-order valence-corrected chi connectivity index (χ4v) is 4.06. The molecule has 34 heavy (non-hydrogen) atoms. The molecule has 0 radical (unpaired) electrons. The highest BCUT2D eigenvalue weighted by atomic mass is 19.4. The number of carbonyl (C=O) groups excluding carboxylic acids is 1. The Hall–Kier alpha value is -2.98. The van der Waals surface area contributed by atoms with Crippen molar-refractivity contribution in [2.45, 2.75) is 57.0 Å². The van der Waals surface area contributed by atoms with Gasteiger partial charge in [0.2, 0.25) is 0 Å². The Morgan fingerprint density at radius 1 is 1.15 bits per heavy atom. The van der Waals surface area contributed by atoms with Gasteiger partial charge in [0.15, 0.2) is 6.10 Å². The molecule has 0 aliphatic heterocycles. The minimum Gasteiger partial charge on any atom is -0.496 e. The van der Waals surface area contributed by atoms with E-state index in [1.165, 1.54) is 19.2 Å². The van der Waals surface area contributed by atoms with Gasteiger partial charge in [-0.15, -0.1) is 0 Å². The molecule has 0 saturated carbocycles. The van der Waals surface area contributed by atoms with Crippen molar-refractivity contribution in [3.05, 3.63) is 52.6 Å². The molecule has 4 N–H and O–H groups in total. The quantitative estimate of drug-likeness (QED) is 0.507. The van der Waals surface area contributed by atoms with E-state index in [0.29, 0.717) is 23.3 Å². The van der Waals surface area contributed by atoms with Crippen LogP contribution in [0.4, 0.5) is 23.7 Å². The van der Waals surface area contributed by atoms with E-state index < -0.39 is 41.4 Å².